The zero-order valence-corrected chi connectivity index (χ0v) is 23.9. The molecule has 35 heavy (non-hydrogen) atoms. The molecule has 2 atom stereocenters. The quantitative estimate of drug-likeness (QED) is 0.539. The van der Waals surface area contributed by atoms with Gasteiger partial charge in [-0.25, -0.2) is 13.1 Å². The molecule has 2 N–H and O–H groups in total. The molecule has 202 valence electrons. The lowest BCUT2D eigenvalue weighted by molar-refractivity contribution is -0.139. The van der Waals surface area contributed by atoms with Gasteiger partial charge in [0.1, 0.15) is 11.2 Å². The van der Waals surface area contributed by atoms with Crippen molar-refractivity contribution in [1.29, 1.82) is 0 Å². The first-order valence-electron chi connectivity index (χ1n) is 11.6. The summed E-state index contributed by atoms with van der Waals surface area (Å²) in [5, 5.41) is 9.38. The average molecular weight is 516 g/mol. The van der Waals surface area contributed by atoms with Crippen LogP contribution in [0.3, 0.4) is 0 Å². The molecular formula is C26H45NO7S. The van der Waals surface area contributed by atoms with Crippen LogP contribution >= 0.6 is 0 Å². The second kappa shape index (κ2) is 12.3. The Morgan fingerprint density at radius 3 is 1.51 bits per heavy atom. The van der Waals surface area contributed by atoms with Crippen LogP contribution in [0.2, 0.25) is 0 Å². The highest BCUT2D eigenvalue weighted by molar-refractivity contribution is 7.89. The monoisotopic (exact) mass is 515 g/mol. The minimum Gasteiger partial charge on any atom is -0.462 e. The molecule has 0 aromatic heterocycles. The number of hydrogen-bond acceptors (Lipinski definition) is 7. The normalized spacial score (nSPS) is 19.2. The predicted molar refractivity (Wildman–Crippen MR) is 137 cm³/mol. The number of nitrogens with one attached hydrogen (secondary N) is 1. The van der Waals surface area contributed by atoms with E-state index in [1.807, 2.05) is 74.4 Å². The predicted octanol–water partition coefficient (Wildman–Crippen LogP) is 4.41. The van der Waals surface area contributed by atoms with Crippen LogP contribution in [0, 0.1) is 11.3 Å². The van der Waals surface area contributed by atoms with Crippen LogP contribution in [0.15, 0.2) is 29.2 Å². The summed E-state index contributed by atoms with van der Waals surface area (Å²) in [6.45, 7) is 21.7. The maximum Gasteiger partial charge on any atom is 0.293 e. The maximum atomic E-state index is 12.2. The number of sulfonamides is 1. The largest absolute Gasteiger partial charge is 0.462 e. The third kappa shape index (κ3) is 12.5. The van der Waals surface area contributed by atoms with Crippen molar-refractivity contribution in [2.75, 3.05) is 6.61 Å². The Morgan fingerprint density at radius 1 is 0.886 bits per heavy atom. The molecule has 1 aromatic carbocycles. The fourth-order valence-corrected chi connectivity index (χ4v) is 4.77. The molecule has 0 spiro atoms. The molecule has 1 aliphatic carbocycles. The van der Waals surface area contributed by atoms with E-state index in [4.69, 9.17) is 0 Å². The lowest BCUT2D eigenvalue weighted by atomic mass is 10.0. The van der Waals surface area contributed by atoms with Crippen molar-refractivity contribution in [2.24, 2.45) is 11.3 Å². The standard InChI is InChI=1S/C16H25NO3S.2C5H10O2/c1-15(2,3)17-21(19,20)12-8-6-11(7-9-12)14-13(10-18)16(14,4)5;2*1-5(2,3)7-4-6/h6-9,13-14,17-18H,10H2,1-5H3;2*4H,1-3H3/t13-,14-;;/m1../s1. The number of ether oxygens (including phenoxy) is 2. The number of rotatable bonds is 6. The zero-order valence-electron chi connectivity index (χ0n) is 23.1. The van der Waals surface area contributed by atoms with Gasteiger partial charge in [-0.05, 0) is 97.3 Å². The van der Waals surface area contributed by atoms with Crippen molar-refractivity contribution in [3.8, 4) is 0 Å². The van der Waals surface area contributed by atoms with Gasteiger partial charge in [-0.15, -0.1) is 0 Å². The average Bonchev–Trinajstić information content (AvgIpc) is 3.19. The highest BCUT2D eigenvalue weighted by atomic mass is 32.2. The molecule has 0 amide bonds. The Bertz CT molecular complexity index is 883. The molecule has 1 aliphatic rings. The van der Waals surface area contributed by atoms with Gasteiger partial charge >= 0.3 is 0 Å². The first-order valence-corrected chi connectivity index (χ1v) is 13.1. The molecule has 1 fully saturated rings. The minimum atomic E-state index is -3.49. The SMILES string of the molecule is CC(C)(C)NS(=O)(=O)c1ccc([C@@H]2[C@@H](CO)C2(C)C)cc1.CC(C)(C)OC=O.CC(C)(C)OC=O. The van der Waals surface area contributed by atoms with Gasteiger partial charge < -0.3 is 14.6 Å². The number of carbonyl (C=O) groups excluding carboxylic acids is 2. The Hall–Kier alpha value is -1.97. The molecule has 9 heteroatoms. The van der Waals surface area contributed by atoms with Crippen LogP contribution in [0.4, 0.5) is 0 Å². The summed E-state index contributed by atoms with van der Waals surface area (Å²) in [5.41, 5.74) is 0.0362. The Balaban J connectivity index is 0.000000680. The van der Waals surface area contributed by atoms with Gasteiger partial charge in [0, 0.05) is 12.1 Å². The van der Waals surface area contributed by atoms with Gasteiger partial charge in [0.25, 0.3) is 12.9 Å². The van der Waals surface area contributed by atoms with Crippen molar-refractivity contribution in [3.63, 3.8) is 0 Å². The van der Waals surface area contributed by atoms with Gasteiger partial charge in [0.2, 0.25) is 10.0 Å². The smallest absolute Gasteiger partial charge is 0.293 e. The van der Waals surface area contributed by atoms with Gasteiger partial charge in [-0.2, -0.15) is 0 Å². The van der Waals surface area contributed by atoms with E-state index in [1.54, 1.807) is 12.1 Å². The topological polar surface area (TPSA) is 119 Å². The molecule has 1 saturated carbocycles. The van der Waals surface area contributed by atoms with E-state index >= 15 is 0 Å². The Kier molecular flexibility index (Phi) is 11.6. The van der Waals surface area contributed by atoms with E-state index < -0.39 is 15.6 Å². The van der Waals surface area contributed by atoms with Crippen molar-refractivity contribution < 1.29 is 32.6 Å². The number of aliphatic hydroxyl groups is 1. The third-order valence-electron chi connectivity index (χ3n) is 5.04. The number of carbonyl (C=O) groups is 2. The molecule has 2 rings (SSSR count). The van der Waals surface area contributed by atoms with E-state index in [2.05, 4.69) is 28.0 Å². The summed E-state index contributed by atoms with van der Waals surface area (Å²) in [6, 6.07) is 7.01. The van der Waals surface area contributed by atoms with E-state index in [0.29, 0.717) is 18.9 Å². The van der Waals surface area contributed by atoms with Crippen molar-refractivity contribution in [1.82, 2.24) is 4.72 Å². The highest BCUT2D eigenvalue weighted by Gasteiger charge is 2.57. The van der Waals surface area contributed by atoms with Gasteiger partial charge in [-0.1, -0.05) is 26.0 Å². The Morgan fingerprint density at radius 2 is 1.29 bits per heavy atom. The van der Waals surface area contributed by atoms with Crippen LogP contribution in [-0.2, 0) is 29.1 Å². The molecule has 0 unspecified atom stereocenters. The van der Waals surface area contributed by atoms with Gasteiger partial charge in [0.15, 0.2) is 0 Å². The second-order valence-corrected chi connectivity index (χ2v) is 13.8. The van der Waals surface area contributed by atoms with Crippen LogP contribution < -0.4 is 4.72 Å². The van der Waals surface area contributed by atoms with Crippen LogP contribution in [-0.4, -0.2) is 49.8 Å². The fraction of sp³-hybridized carbons (Fsp3) is 0.692. The maximum absolute atomic E-state index is 12.2. The number of hydrogen-bond donors (Lipinski definition) is 2. The molecule has 0 radical (unpaired) electrons. The van der Waals surface area contributed by atoms with Gasteiger partial charge in [0.05, 0.1) is 4.90 Å². The summed E-state index contributed by atoms with van der Waals surface area (Å²) in [6.07, 6.45) is 0. The molecule has 0 saturated heterocycles. The van der Waals surface area contributed by atoms with Gasteiger partial charge in [-0.3, -0.25) is 9.59 Å². The molecule has 0 bridgehead atoms. The second-order valence-electron chi connectivity index (χ2n) is 12.2. The summed E-state index contributed by atoms with van der Waals surface area (Å²) < 4.78 is 36.2. The molecule has 1 aromatic rings. The van der Waals surface area contributed by atoms with E-state index in [9.17, 15) is 23.1 Å². The fourth-order valence-electron chi connectivity index (χ4n) is 3.35. The van der Waals surface area contributed by atoms with Crippen LogP contribution in [0.1, 0.15) is 87.6 Å². The highest BCUT2D eigenvalue weighted by Crippen LogP contribution is 2.64. The molecule has 0 aliphatic heterocycles. The van der Waals surface area contributed by atoms with Crippen molar-refractivity contribution >= 4 is 23.0 Å². The molecular weight excluding hydrogens is 470 g/mol. The lowest BCUT2D eigenvalue weighted by Crippen LogP contribution is -2.40. The summed E-state index contributed by atoms with van der Waals surface area (Å²) in [7, 11) is -3.49. The first-order chi connectivity index (χ1) is 15.6. The molecule has 8 nitrogen and oxygen atoms in total. The number of benzene rings is 1. The third-order valence-corrected chi connectivity index (χ3v) is 6.81. The summed E-state index contributed by atoms with van der Waals surface area (Å²) in [5.74, 6) is 0.558. The van der Waals surface area contributed by atoms with E-state index in [-0.39, 0.29) is 34.0 Å². The van der Waals surface area contributed by atoms with E-state index in [1.165, 1.54) is 0 Å². The van der Waals surface area contributed by atoms with Crippen molar-refractivity contribution in [2.45, 2.75) is 104 Å². The zero-order chi connectivity index (χ0) is 27.9. The number of aliphatic hydroxyl groups excluding tert-OH is 1. The van der Waals surface area contributed by atoms with Crippen LogP contribution in [0.25, 0.3) is 0 Å². The van der Waals surface area contributed by atoms with Crippen molar-refractivity contribution in [3.05, 3.63) is 29.8 Å². The summed E-state index contributed by atoms with van der Waals surface area (Å²) >= 11 is 0. The Labute approximate surface area is 211 Å². The minimum absolute atomic E-state index is 0.0821. The lowest BCUT2D eigenvalue weighted by Gasteiger charge is -2.20. The molecule has 0 heterocycles. The van der Waals surface area contributed by atoms with Crippen LogP contribution in [0.5, 0.6) is 0 Å². The first kappa shape index (κ1) is 33.0. The van der Waals surface area contributed by atoms with E-state index in [0.717, 1.165) is 5.56 Å². The summed E-state index contributed by atoms with van der Waals surface area (Å²) in [4.78, 5) is 19.5.